The van der Waals surface area contributed by atoms with Crippen molar-refractivity contribution in [2.24, 2.45) is 0 Å². The third-order valence-corrected chi connectivity index (χ3v) is 4.84. The lowest BCUT2D eigenvalue weighted by Gasteiger charge is -2.17. The molecule has 0 aromatic heterocycles. The molecule has 0 aliphatic carbocycles. The average Bonchev–Trinajstić information content (AvgIpc) is 2.66. The molecule has 0 saturated carbocycles. The van der Waals surface area contributed by atoms with Crippen LogP contribution in [-0.2, 0) is 6.42 Å². The molecule has 0 fully saturated rings. The molecule has 5 heteroatoms. The smallest absolute Gasteiger partial charge is 0.129 e. The molecule has 0 spiro atoms. The highest BCUT2D eigenvalue weighted by Crippen LogP contribution is 2.33. The number of benzene rings is 2. The first-order valence-electron chi connectivity index (χ1n) is 9.19. The highest BCUT2D eigenvalue weighted by Gasteiger charge is 2.17. The minimum absolute atomic E-state index is 0.178. The van der Waals surface area contributed by atoms with E-state index in [1.807, 2.05) is 52.8 Å². The number of rotatable bonds is 6. The third-order valence-electron chi connectivity index (χ3n) is 4.57. The molecule has 0 bridgehead atoms. The van der Waals surface area contributed by atoms with Crippen molar-refractivity contribution in [3.63, 3.8) is 0 Å². The highest BCUT2D eigenvalue weighted by atomic mass is 31.1. The molecule has 2 aromatic carbocycles. The van der Waals surface area contributed by atoms with E-state index in [1.54, 1.807) is 13.0 Å². The monoisotopic (exact) mass is 387 g/mol. The van der Waals surface area contributed by atoms with E-state index in [1.165, 1.54) is 5.56 Å². The molecule has 0 amide bonds. The quantitative estimate of drug-likeness (QED) is 0.644. The zero-order valence-electron chi connectivity index (χ0n) is 17.1. The first-order chi connectivity index (χ1) is 12.9. The molecule has 2 N–H and O–H groups in total. The Morgan fingerprint density at radius 1 is 1.15 bits per heavy atom. The Labute approximate surface area is 164 Å². The van der Waals surface area contributed by atoms with Crippen LogP contribution in [0.1, 0.15) is 60.1 Å². The van der Waals surface area contributed by atoms with E-state index in [2.05, 4.69) is 6.07 Å². The van der Waals surface area contributed by atoms with Crippen LogP contribution in [0, 0.1) is 32.1 Å². The Morgan fingerprint density at radius 2 is 1.74 bits per heavy atom. The average molecular weight is 387 g/mol. The van der Waals surface area contributed by atoms with Crippen LogP contribution in [-0.4, -0.2) is 16.3 Å². The minimum Gasteiger partial charge on any atom is -0.508 e. The van der Waals surface area contributed by atoms with Crippen molar-refractivity contribution in [1.29, 1.82) is 5.26 Å². The van der Waals surface area contributed by atoms with Gasteiger partial charge in [-0.25, -0.2) is 0 Å². The molecule has 2 atom stereocenters. The highest BCUT2D eigenvalue weighted by molar-refractivity contribution is 7.30. The van der Waals surface area contributed by atoms with E-state index in [0.717, 1.165) is 34.4 Å². The van der Waals surface area contributed by atoms with Gasteiger partial charge in [-0.1, -0.05) is 19.9 Å². The van der Waals surface area contributed by atoms with Crippen molar-refractivity contribution in [3.8, 4) is 17.6 Å². The minimum atomic E-state index is -0.350. The fourth-order valence-corrected chi connectivity index (χ4v) is 3.42. The second-order valence-corrected chi connectivity index (χ2v) is 6.90. The number of nitriles is 1. The molecule has 0 saturated heterocycles. The summed E-state index contributed by atoms with van der Waals surface area (Å²) in [4.78, 5) is 8.92. The zero-order valence-corrected chi connectivity index (χ0v) is 18.1. The predicted molar refractivity (Wildman–Crippen MR) is 113 cm³/mol. The number of aromatic hydroxyl groups is 1. The van der Waals surface area contributed by atoms with Crippen LogP contribution in [0.5, 0.6) is 11.5 Å². The van der Waals surface area contributed by atoms with Crippen LogP contribution in [0.2, 0.25) is 0 Å². The van der Waals surface area contributed by atoms with E-state index in [-0.39, 0.29) is 20.5 Å². The molecular formula is C22H30NO3P. The van der Waals surface area contributed by atoms with Crippen molar-refractivity contribution in [1.82, 2.24) is 0 Å². The lowest BCUT2D eigenvalue weighted by Crippen LogP contribution is -2.03. The van der Waals surface area contributed by atoms with Crippen LogP contribution in [0.15, 0.2) is 24.3 Å². The second kappa shape index (κ2) is 10.9. The van der Waals surface area contributed by atoms with Crippen molar-refractivity contribution >= 4 is 8.81 Å². The Kier molecular flexibility index (Phi) is 9.29. The summed E-state index contributed by atoms with van der Waals surface area (Å²) in [7, 11) is -0.228. The molecule has 2 aromatic rings. The van der Waals surface area contributed by atoms with Gasteiger partial charge in [0.05, 0.1) is 12.0 Å². The van der Waals surface area contributed by atoms with Gasteiger partial charge in [0.15, 0.2) is 0 Å². The van der Waals surface area contributed by atoms with E-state index in [9.17, 15) is 10.4 Å². The second-order valence-electron chi connectivity index (χ2n) is 6.29. The Balaban J connectivity index is 0.00000176. The summed E-state index contributed by atoms with van der Waals surface area (Å²) < 4.78 is 5.52. The van der Waals surface area contributed by atoms with Gasteiger partial charge in [0.1, 0.15) is 17.8 Å². The van der Waals surface area contributed by atoms with Gasteiger partial charge in [-0.15, -0.1) is 0 Å². The van der Waals surface area contributed by atoms with Crippen molar-refractivity contribution in [3.05, 3.63) is 57.6 Å². The molecule has 2 rings (SSSR count). The number of phenols is 1. The number of phenolic OH excluding ortho intramolecular Hbond substituents is 1. The summed E-state index contributed by atoms with van der Waals surface area (Å²) in [5, 5.41) is 19.3. The summed E-state index contributed by atoms with van der Waals surface area (Å²) in [6.45, 7) is 11.9. The SMILES string of the molecule is CC.Cc1cc(OCPO)cc(C)c1Cc1ccc(O)c(C(C)C#N)c1C. The molecular weight excluding hydrogens is 357 g/mol. The van der Waals surface area contributed by atoms with Gasteiger partial charge in [-0.3, -0.25) is 0 Å². The fraction of sp³-hybridized carbons (Fsp3) is 0.409. The fourth-order valence-electron chi connectivity index (χ4n) is 3.18. The molecule has 0 radical (unpaired) electrons. The van der Waals surface area contributed by atoms with Crippen molar-refractivity contribution in [2.75, 3.05) is 6.35 Å². The summed E-state index contributed by atoms with van der Waals surface area (Å²) in [5.74, 6) is 0.594. The number of ether oxygens (including phenoxy) is 1. The van der Waals surface area contributed by atoms with Gasteiger partial charge >= 0.3 is 0 Å². The van der Waals surface area contributed by atoms with E-state index >= 15 is 0 Å². The topological polar surface area (TPSA) is 73.5 Å². The maximum Gasteiger partial charge on any atom is 0.129 e. The molecule has 0 aliphatic rings. The van der Waals surface area contributed by atoms with Gasteiger partial charge < -0.3 is 14.7 Å². The Bertz CT molecular complexity index is 789. The maximum atomic E-state index is 10.1. The van der Waals surface area contributed by atoms with Gasteiger partial charge in [-0.2, -0.15) is 5.26 Å². The molecule has 0 heterocycles. The summed E-state index contributed by atoms with van der Waals surface area (Å²) in [6, 6.07) is 9.78. The number of hydrogen-bond donors (Lipinski definition) is 2. The summed E-state index contributed by atoms with van der Waals surface area (Å²) in [6.07, 6.45) is 1.04. The molecule has 27 heavy (non-hydrogen) atoms. The Morgan fingerprint density at radius 3 is 2.26 bits per heavy atom. The predicted octanol–water partition coefficient (Wildman–Crippen LogP) is 5.48. The standard InChI is InChI=1S/C20H24NO3P.C2H6/c1-12-7-17(24-11-25-23)8-13(2)18(12)9-16-5-6-19(22)20(15(16)4)14(3)10-21;1-2/h5-8,14,22-23,25H,9,11H2,1-4H3;1-2H3. The van der Waals surface area contributed by atoms with Crippen molar-refractivity contribution < 1.29 is 14.7 Å². The summed E-state index contributed by atoms with van der Waals surface area (Å²) >= 11 is 0. The van der Waals surface area contributed by atoms with Crippen LogP contribution in [0.3, 0.4) is 0 Å². The normalized spacial score (nSPS) is 11.6. The third kappa shape index (κ3) is 5.70. The van der Waals surface area contributed by atoms with Gasteiger partial charge in [-0.05, 0) is 80.1 Å². The van der Waals surface area contributed by atoms with Gasteiger partial charge in [0, 0.05) is 14.4 Å². The van der Waals surface area contributed by atoms with Crippen LogP contribution < -0.4 is 4.74 Å². The number of hydrogen-bond acceptors (Lipinski definition) is 4. The Hall–Kier alpha value is -2.08. The first kappa shape index (κ1) is 23.0. The van der Waals surface area contributed by atoms with Gasteiger partial charge in [0.25, 0.3) is 0 Å². The summed E-state index contributed by atoms with van der Waals surface area (Å²) in [5.41, 5.74) is 6.24. The molecule has 0 aliphatic heterocycles. The maximum absolute atomic E-state index is 10.1. The first-order valence-corrected chi connectivity index (χ1v) is 10.3. The van der Waals surface area contributed by atoms with Gasteiger partial charge in [0.2, 0.25) is 0 Å². The van der Waals surface area contributed by atoms with Crippen molar-refractivity contribution in [2.45, 2.75) is 53.9 Å². The largest absolute Gasteiger partial charge is 0.508 e. The lowest BCUT2D eigenvalue weighted by molar-refractivity contribution is 0.379. The van der Waals surface area contributed by atoms with Crippen LogP contribution in [0.25, 0.3) is 0 Å². The number of nitrogens with zero attached hydrogens (tertiary/aromatic N) is 1. The van der Waals surface area contributed by atoms with E-state index in [4.69, 9.17) is 9.63 Å². The van der Waals surface area contributed by atoms with Crippen LogP contribution in [0.4, 0.5) is 0 Å². The zero-order chi connectivity index (χ0) is 20.6. The van der Waals surface area contributed by atoms with E-state index in [0.29, 0.717) is 11.9 Å². The lowest BCUT2D eigenvalue weighted by atomic mass is 9.88. The molecule has 146 valence electrons. The number of aryl methyl sites for hydroxylation is 2. The van der Waals surface area contributed by atoms with E-state index < -0.39 is 0 Å². The molecule has 2 unspecified atom stereocenters. The molecule has 4 nitrogen and oxygen atoms in total. The van der Waals surface area contributed by atoms with Crippen LogP contribution >= 0.6 is 8.81 Å².